The maximum absolute atomic E-state index is 6.19. The SMILES string of the molecule is NC(=NCc1ccccc1Cn1cccn1)Nc1cccc2c1CCCC2. The topological polar surface area (TPSA) is 68.2 Å². The lowest BCUT2D eigenvalue weighted by Crippen LogP contribution is -2.24. The zero-order valence-electron chi connectivity index (χ0n) is 15.4. The average molecular weight is 359 g/mol. The molecule has 0 bridgehead atoms. The Morgan fingerprint density at radius 2 is 1.89 bits per heavy atom. The van der Waals surface area contributed by atoms with Gasteiger partial charge >= 0.3 is 0 Å². The van der Waals surface area contributed by atoms with Gasteiger partial charge < -0.3 is 11.1 Å². The van der Waals surface area contributed by atoms with Crippen molar-refractivity contribution in [3.05, 3.63) is 83.2 Å². The van der Waals surface area contributed by atoms with Crippen molar-refractivity contribution in [1.29, 1.82) is 0 Å². The van der Waals surface area contributed by atoms with Crippen LogP contribution in [0.2, 0.25) is 0 Å². The highest BCUT2D eigenvalue weighted by Crippen LogP contribution is 2.27. The van der Waals surface area contributed by atoms with Crippen molar-refractivity contribution < 1.29 is 0 Å². The molecule has 3 aromatic rings. The van der Waals surface area contributed by atoms with Crippen LogP contribution in [0, 0.1) is 0 Å². The number of hydrogen-bond donors (Lipinski definition) is 2. The smallest absolute Gasteiger partial charge is 0.193 e. The Hall–Kier alpha value is -3.08. The van der Waals surface area contributed by atoms with Gasteiger partial charge in [-0.1, -0.05) is 36.4 Å². The lowest BCUT2D eigenvalue weighted by molar-refractivity contribution is 0.681. The van der Waals surface area contributed by atoms with Gasteiger partial charge in [0.1, 0.15) is 0 Å². The Labute approximate surface area is 159 Å². The molecule has 4 rings (SSSR count). The first-order chi connectivity index (χ1) is 13.3. The van der Waals surface area contributed by atoms with E-state index >= 15 is 0 Å². The summed E-state index contributed by atoms with van der Waals surface area (Å²) in [5.41, 5.74) is 12.5. The molecule has 0 saturated carbocycles. The number of nitrogens with two attached hydrogens (primary N) is 1. The van der Waals surface area contributed by atoms with E-state index in [0.29, 0.717) is 12.5 Å². The summed E-state index contributed by atoms with van der Waals surface area (Å²) in [5, 5.41) is 7.60. The number of aromatic nitrogens is 2. The van der Waals surface area contributed by atoms with Crippen LogP contribution in [-0.4, -0.2) is 15.7 Å². The van der Waals surface area contributed by atoms with Crippen molar-refractivity contribution in [1.82, 2.24) is 9.78 Å². The van der Waals surface area contributed by atoms with Crippen LogP contribution in [0.4, 0.5) is 5.69 Å². The maximum Gasteiger partial charge on any atom is 0.193 e. The molecule has 5 heteroatoms. The first kappa shape index (κ1) is 17.3. The normalized spacial score (nSPS) is 14.0. The molecule has 1 aromatic heterocycles. The van der Waals surface area contributed by atoms with Gasteiger partial charge in [0.15, 0.2) is 5.96 Å². The summed E-state index contributed by atoms with van der Waals surface area (Å²) < 4.78 is 1.92. The largest absolute Gasteiger partial charge is 0.370 e. The van der Waals surface area contributed by atoms with Gasteiger partial charge in [-0.15, -0.1) is 0 Å². The van der Waals surface area contributed by atoms with E-state index in [9.17, 15) is 0 Å². The van der Waals surface area contributed by atoms with Gasteiger partial charge in [-0.3, -0.25) is 4.68 Å². The minimum atomic E-state index is 0.461. The standard InChI is InChI=1S/C22H25N5/c23-22(26-21-12-5-10-17-7-3-4-11-20(17)21)24-15-18-8-1-2-9-19(18)16-27-14-6-13-25-27/h1-2,5-6,8-10,12-14H,3-4,7,11,15-16H2,(H3,23,24,26). The van der Waals surface area contributed by atoms with E-state index in [1.54, 1.807) is 6.20 Å². The van der Waals surface area contributed by atoms with Gasteiger partial charge in [-0.05, 0) is 60.1 Å². The van der Waals surface area contributed by atoms with Crippen molar-refractivity contribution in [2.24, 2.45) is 10.7 Å². The quantitative estimate of drug-likeness (QED) is 0.539. The second-order valence-electron chi connectivity index (χ2n) is 6.95. The Morgan fingerprint density at radius 1 is 1.04 bits per heavy atom. The molecule has 0 saturated heterocycles. The predicted octanol–water partition coefficient (Wildman–Crippen LogP) is 3.74. The van der Waals surface area contributed by atoms with Crippen LogP contribution in [0.3, 0.4) is 0 Å². The number of hydrogen-bond acceptors (Lipinski definition) is 2. The number of anilines is 1. The molecular formula is C22H25N5. The molecule has 1 heterocycles. The van der Waals surface area contributed by atoms with E-state index in [0.717, 1.165) is 30.6 Å². The van der Waals surface area contributed by atoms with Crippen molar-refractivity contribution >= 4 is 11.6 Å². The molecule has 0 spiro atoms. The molecule has 0 atom stereocenters. The first-order valence-corrected chi connectivity index (χ1v) is 9.51. The summed E-state index contributed by atoms with van der Waals surface area (Å²) in [6, 6.07) is 16.6. The summed E-state index contributed by atoms with van der Waals surface area (Å²) >= 11 is 0. The highest BCUT2D eigenvalue weighted by atomic mass is 15.3. The van der Waals surface area contributed by atoms with Crippen LogP contribution in [0.15, 0.2) is 65.9 Å². The molecule has 3 N–H and O–H groups in total. The summed E-state index contributed by atoms with van der Waals surface area (Å²) in [5.74, 6) is 0.461. The lowest BCUT2D eigenvalue weighted by Gasteiger charge is -2.19. The Kier molecular flexibility index (Phi) is 5.19. The van der Waals surface area contributed by atoms with Crippen LogP contribution in [0.1, 0.15) is 35.1 Å². The summed E-state index contributed by atoms with van der Waals surface area (Å²) in [4.78, 5) is 4.58. The van der Waals surface area contributed by atoms with E-state index in [-0.39, 0.29) is 0 Å². The molecule has 0 fully saturated rings. The summed E-state index contributed by atoms with van der Waals surface area (Å²) in [6.07, 6.45) is 8.54. The molecule has 0 radical (unpaired) electrons. The van der Waals surface area contributed by atoms with Gasteiger partial charge in [0.2, 0.25) is 0 Å². The number of nitrogens with zero attached hydrogens (tertiary/aromatic N) is 3. The predicted molar refractivity (Wildman–Crippen MR) is 110 cm³/mol. The molecule has 0 aliphatic heterocycles. The van der Waals surface area contributed by atoms with Gasteiger partial charge in [-0.25, -0.2) is 4.99 Å². The van der Waals surface area contributed by atoms with Gasteiger partial charge in [-0.2, -0.15) is 5.10 Å². The summed E-state index contributed by atoms with van der Waals surface area (Å²) in [6.45, 7) is 1.28. The third kappa shape index (κ3) is 4.19. The number of nitrogens with one attached hydrogen (secondary N) is 1. The second-order valence-corrected chi connectivity index (χ2v) is 6.95. The highest BCUT2D eigenvalue weighted by molar-refractivity contribution is 5.93. The average Bonchev–Trinajstić information content (AvgIpc) is 3.21. The van der Waals surface area contributed by atoms with Crippen LogP contribution in [-0.2, 0) is 25.9 Å². The molecule has 0 unspecified atom stereocenters. The zero-order valence-corrected chi connectivity index (χ0v) is 15.4. The second kappa shape index (κ2) is 8.08. The number of fused-ring (bicyclic) bond motifs is 1. The molecule has 27 heavy (non-hydrogen) atoms. The Bertz CT molecular complexity index is 928. The maximum atomic E-state index is 6.19. The molecular weight excluding hydrogens is 334 g/mol. The van der Waals surface area contributed by atoms with E-state index in [2.05, 4.69) is 45.7 Å². The highest BCUT2D eigenvalue weighted by Gasteiger charge is 2.13. The third-order valence-electron chi connectivity index (χ3n) is 5.09. The number of aliphatic imine (C=N–C) groups is 1. The van der Waals surface area contributed by atoms with Gasteiger partial charge in [0.25, 0.3) is 0 Å². The number of aryl methyl sites for hydroxylation is 1. The minimum Gasteiger partial charge on any atom is -0.370 e. The molecule has 5 nitrogen and oxygen atoms in total. The number of guanidine groups is 1. The van der Waals surface area contributed by atoms with E-state index < -0.39 is 0 Å². The van der Waals surface area contributed by atoms with E-state index in [1.165, 1.54) is 29.5 Å². The van der Waals surface area contributed by atoms with Crippen LogP contribution < -0.4 is 11.1 Å². The lowest BCUT2D eigenvalue weighted by atomic mass is 9.90. The van der Waals surface area contributed by atoms with Crippen LogP contribution in [0.25, 0.3) is 0 Å². The first-order valence-electron chi connectivity index (χ1n) is 9.51. The number of benzene rings is 2. The van der Waals surface area contributed by atoms with Crippen LogP contribution in [0.5, 0.6) is 0 Å². The molecule has 1 aliphatic rings. The van der Waals surface area contributed by atoms with E-state index in [4.69, 9.17) is 5.73 Å². The van der Waals surface area contributed by atoms with Crippen molar-refractivity contribution in [3.8, 4) is 0 Å². The third-order valence-corrected chi connectivity index (χ3v) is 5.09. The molecule has 138 valence electrons. The van der Waals surface area contributed by atoms with Gasteiger partial charge in [0.05, 0.1) is 13.1 Å². The van der Waals surface area contributed by atoms with E-state index in [1.807, 2.05) is 29.1 Å². The van der Waals surface area contributed by atoms with Gasteiger partial charge in [0, 0.05) is 18.1 Å². The summed E-state index contributed by atoms with van der Waals surface area (Å²) in [7, 11) is 0. The fourth-order valence-corrected chi connectivity index (χ4v) is 3.68. The van der Waals surface area contributed by atoms with Crippen LogP contribution >= 0.6 is 0 Å². The molecule has 1 aliphatic carbocycles. The number of rotatable bonds is 5. The molecule has 2 aromatic carbocycles. The fourth-order valence-electron chi connectivity index (χ4n) is 3.68. The molecule has 0 amide bonds. The monoisotopic (exact) mass is 359 g/mol. The minimum absolute atomic E-state index is 0.461. The van der Waals surface area contributed by atoms with Crippen molar-refractivity contribution in [2.45, 2.75) is 38.8 Å². The zero-order chi connectivity index (χ0) is 18.5. The van der Waals surface area contributed by atoms with Crippen molar-refractivity contribution in [2.75, 3.05) is 5.32 Å². The fraction of sp³-hybridized carbons (Fsp3) is 0.273. The Balaban J connectivity index is 1.47. The Morgan fingerprint density at radius 3 is 2.74 bits per heavy atom. The van der Waals surface area contributed by atoms with Crippen molar-refractivity contribution in [3.63, 3.8) is 0 Å².